The molecule has 1 aromatic rings. The van der Waals surface area contributed by atoms with Gasteiger partial charge in [0.25, 0.3) is 5.91 Å². The maximum absolute atomic E-state index is 12.6. The summed E-state index contributed by atoms with van der Waals surface area (Å²) in [5.41, 5.74) is 1.82. The first-order chi connectivity index (χ1) is 9.72. The summed E-state index contributed by atoms with van der Waals surface area (Å²) in [5.74, 6) is 0.134. The van der Waals surface area contributed by atoms with E-state index < -0.39 is 0 Å². The molecule has 1 aliphatic carbocycles. The lowest BCUT2D eigenvalue weighted by atomic mass is 10.1. The maximum Gasteiger partial charge on any atom is 0.253 e. The Morgan fingerprint density at radius 3 is 2.60 bits per heavy atom. The number of benzene rings is 1. The van der Waals surface area contributed by atoms with Crippen LogP contribution in [0, 0.1) is 0 Å². The van der Waals surface area contributed by atoms with Gasteiger partial charge in [-0.05, 0) is 30.5 Å². The zero-order chi connectivity index (χ0) is 14.4. The molecule has 1 aliphatic rings. The fourth-order valence-electron chi connectivity index (χ4n) is 2.98. The number of carbonyl (C=O) groups excluding carboxylic acids is 1. The van der Waals surface area contributed by atoms with E-state index in [1.165, 1.54) is 25.7 Å². The zero-order valence-electron chi connectivity index (χ0n) is 12.6. The van der Waals surface area contributed by atoms with Crippen LogP contribution >= 0.6 is 0 Å². The summed E-state index contributed by atoms with van der Waals surface area (Å²) in [5, 5.41) is 0. The molecule has 0 unspecified atom stereocenters. The van der Waals surface area contributed by atoms with Crippen LogP contribution in [0.15, 0.2) is 24.3 Å². The smallest absolute Gasteiger partial charge is 0.253 e. The minimum absolute atomic E-state index is 0.134. The molecule has 0 saturated heterocycles. The van der Waals surface area contributed by atoms with Crippen LogP contribution in [0.25, 0.3) is 0 Å². The Balaban J connectivity index is 2.07. The third kappa shape index (κ3) is 3.83. The lowest BCUT2D eigenvalue weighted by Gasteiger charge is -2.27. The van der Waals surface area contributed by atoms with Gasteiger partial charge >= 0.3 is 0 Å². The number of amides is 1. The number of ether oxygens (including phenoxy) is 1. The molecular formula is C17H25NO2. The second kappa shape index (κ2) is 7.44. The Bertz CT molecular complexity index is 436. The molecule has 0 bridgehead atoms. The Kier molecular flexibility index (Phi) is 5.60. The highest BCUT2D eigenvalue weighted by molar-refractivity contribution is 5.94. The minimum Gasteiger partial charge on any atom is -0.380 e. The molecule has 1 saturated carbocycles. The van der Waals surface area contributed by atoms with E-state index in [2.05, 4.69) is 0 Å². The van der Waals surface area contributed by atoms with Crippen LogP contribution in [0.4, 0.5) is 0 Å². The van der Waals surface area contributed by atoms with Gasteiger partial charge < -0.3 is 9.64 Å². The Labute approximate surface area is 121 Å². The number of carbonyl (C=O) groups is 1. The average molecular weight is 275 g/mol. The number of methoxy groups -OCH3 is 1. The van der Waals surface area contributed by atoms with Crippen molar-refractivity contribution < 1.29 is 9.53 Å². The van der Waals surface area contributed by atoms with E-state index in [0.717, 1.165) is 24.0 Å². The van der Waals surface area contributed by atoms with Gasteiger partial charge in [0, 0.05) is 25.8 Å². The van der Waals surface area contributed by atoms with Crippen molar-refractivity contribution in [3.63, 3.8) is 0 Å². The molecule has 0 atom stereocenters. The molecule has 1 fully saturated rings. The molecule has 0 heterocycles. The van der Waals surface area contributed by atoms with Crippen LogP contribution in [0.5, 0.6) is 0 Å². The predicted molar refractivity (Wildman–Crippen MR) is 80.7 cm³/mol. The van der Waals surface area contributed by atoms with Crippen LogP contribution in [0.3, 0.4) is 0 Å². The monoisotopic (exact) mass is 275 g/mol. The minimum atomic E-state index is 0.134. The van der Waals surface area contributed by atoms with Gasteiger partial charge in [0.15, 0.2) is 0 Å². The van der Waals surface area contributed by atoms with Gasteiger partial charge in [0.05, 0.1) is 6.61 Å². The summed E-state index contributed by atoms with van der Waals surface area (Å²) in [7, 11) is 3.62. The second-order valence-electron chi connectivity index (χ2n) is 5.69. The van der Waals surface area contributed by atoms with E-state index in [-0.39, 0.29) is 5.91 Å². The zero-order valence-corrected chi connectivity index (χ0v) is 12.6. The summed E-state index contributed by atoms with van der Waals surface area (Å²) in [6.07, 6.45) is 7.38. The largest absolute Gasteiger partial charge is 0.380 e. The summed E-state index contributed by atoms with van der Waals surface area (Å²) in [6.45, 7) is 0.550. The molecule has 0 spiro atoms. The van der Waals surface area contributed by atoms with E-state index in [0.29, 0.717) is 12.6 Å². The van der Waals surface area contributed by atoms with Gasteiger partial charge in [-0.1, -0.05) is 37.8 Å². The van der Waals surface area contributed by atoms with Crippen LogP contribution in [0.1, 0.15) is 54.4 Å². The van der Waals surface area contributed by atoms with Crippen LogP contribution in [0.2, 0.25) is 0 Å². The van der Waals surface area contributed by atoms with Gasteiger partial charge in [-0.25, -0.2) is 0 Å². The van der Waals surface area contributed by atoms with Gasteiger partial charge in [0.1, 0.15) is 0 Å². The average Bonchev–Trinajstić information content (AvgIpc) is 2.75. The first kappa shape index (κ1) is 15.0. The van der Waals surface area contributed by atoms with E-state index in [1.807, 2.05) is 36.2 Å². The first-order valence-electron chi connectivity index (χ1n) is 7.57. The number of nitrogens with zero attached hydrogens (tertiary/aromatic N) is 1. The molecular weight excluding hydrogens is 250 g/mol. The molecule has 110 valence electrons. The van der Waals surface area contributed by atoms with E-state index >= 15 is 0 Å². The van der Waals surface area contributed by atoms with Crippen LogP contribution in [-0.4, -0.2) is 31.0 Å². The third-order valence-corrected chi connectivity index (χ3v) is 4.18. The second-order valence-corrected chi connectivity index (χ2v) is 5.69. The molecule has 1 amide bonds. The molecule has 0 N–H and O–H groups in total. The van der Waals surface area contributed by atoms with Crippen LogP contribution in [-0.2, 0) is 11.3 Å². The maximum atomic E-state index is 12.6. The standard InChI is InChI=1S/C17H25NO2/c1-18(16-10-5-3-4-6-11-16)17(19)15-9-7-8-14(12-15)13-20-2/h7-9,12,16H,3-6,10-11,13H2,1-2H3. The quantitative estimate of drug-likeness (QED) is 0.785. The van der Waals surface area contributed by atoms with Crippen molar-refractivity contribution in [2.75, 3.05) is 14.2 Å². The first-order valence-corrected chi connectivity index (χ1v) is 7.57. The SMILES string of the molecule is COCc1cccc(C(=O)N(C)C2CCCCCC2)c1. The summed E-state index contributed by atoms with van der Waals surface area (Å²) in [6, 6.07) is 8.17. The van der Waals surface area contributed by atoms with Crippen molar-refractivity contribution in [1.29, 1.82) is 0 Å². The molecule has 0 aromatic heterocycles. The Morgan fingerprint density at radius 2 is 1.95 bits per heavy atom. The van der Waals surface area contributed by atoms with Crippen molar-refractivity contribution in [2.24, 2.45) is 0 Å². The van der Waals surface area contributed by atoms with Crippen molar-refractivity contribution in [2.45, 2.75) is 51.2 Å². The van der Waals surface area contributed by atoms with Crippen molar-refractivity contribution in [1.82, 2.24) is 4.90 Å². The molecule has 3 heteroatoms. The summed E-state index contributed by atoms with van der Waals surface area (Å²) >= 11 is 0. The fraction of sp³-hybridized carbons (Fsp3) is 0.588. The van der Waals surface area contributed by atoms with E-state index in [4.69, 9.17) is 4.74 Å². The predicted octanol–water partition coefficient (Wildman–Crippen LogP) is 3.63. The summed E-state index contributed by atoms with van der Waals surface area (Å²) < 4.78 is 5.13. The molecule has 20 heavy (non-hydrogen) atoms. The number of rotatable bonds is 4. The molecule has 3 nitrogen and oxygen atoms in total. The van der Waals surface area contributed by atoms with Gasteiger partial charge in [-0.2, -0.15) is 0 Å². The summed E-state index contributed by atoms with van der Waals surface area (Å²) in [4.78, 5) is 14.5. The highest BCUT2D eigenvalue weighted by Crippen LogP contribution is 2.22. The van der Waals surface area contributed by atoms with Gasteiger partial charge in [-0.3, -0.25) is 4.79 Å². The Hall–Kier alpha value is -1.35. The van der Waals surface area contributed by atoms with Crippen molar-refractivity contribution in [3.8, 4) is 0 Å². The van der Waals surface area contributed by atoms with Gasteiger partial charge in [-0.15, -0.1) is 0 Å². The number of hydrogen-bond donors (Lipinski definition) is 0. The number of hydrogen-bond acceptors (Lipinski definition) is 2. The lowest BCUT2D eigenvalue weighted by molar-refractivity contribution is 0.0717. The molecule has 1 aromatic carbocycles. The highest BCUT2D eigenvalue weighted by Gasteiger charge is 2.22. The van der Waals surface area contributed by atoms with Crippen molar-refractivity contribution in [3.05, 3.63) is 35.4 Å². The van der Waals surface area contributed by atoms with E-state index in [9.17, 15) is 4.79 Å². The third-order valence-electron chi connectivity index (χ3n) is 4.18. The van der Waals surface area contributed by atoms with E-state index in [1.54, 1.807) is 7.11 Å². The lowest BCUT2D eigenvalue weighted by Crippen LogP contribution is -2.36. The van der Waals surface area contributed by atoms with Gasteiger partial charge in [0.2, 0.25) is 0 Å². The molecule has 0 aliphatic heterocycles. The van der Waals surface area contributed by atoms with Crippen LogP contribution < -0.4 is 0 Å². The van der Waals surface area contributed by atoms with Crippen molar-refractivity contribution >= 4 is 5.91 Å². The highest BCUT2D eigenvalue weighted by atomic mass is 16.5. The topological polar surface area (TPSA) is 29.5 Å². The Morgan fingerprint density at radius 1 is 1.25 bits per heavy atom. The fourth-order valence-corrected chi connectivity index (χ4v) is 2.98. The molecule has 0 radical (unpaired) electrons. The normalized spacial score (nSPS) is 16.7. The molecule has 2 rings (SSSR count).